The molecule has 0 radical (unpaired) electrons. The van der Waals surface area contributed by atoms with Gasteiger partial charge in [-0.15, -0.1) is 0 Å². The Morgan fingerprint density at radius 3 is 2.24 bits per heavy atom. The summed E-state index contributed by atoms with van der Waals surface area (Å²) in [5.74, 6) is 2.44. The Kier molecular flexibility index (Phi) is 4.17. The summed E-state index contributed by atoms with van der Waals surface area (Å²) in [6.45, 7) is 2.53. The Bertz CT molecular complexity index is 692. The average molecular weight is 297 g/mol. The van der Waals surface area contributed by atoms with Crippen LogP contribution in [0.25, 0.3) is 0 Å². The standard InChI is InChI=1S/C17H15NO2S/c1-13-14(12-21-18-13)11-19-15-7-9-17(10-8-15)20-16-5-3-2-4-6-16/h2-10,12H,11H2,1H3. The van der Waals surface area contributed by atoms with Crippen molar-refractivity contribution >= 4 is 11.5 Å². The molecule has 0 fully saturated rings. The minimum Gasteiger partial charge on any atom is -0.489 e. The van der Waals surface area contributed by atoms with Gasteiger partial charge in [0.1, 0.15) is 23.9 Å². The van der Waals surface area contributed by atoms with Gasteiger partial charge in [-0.1, -0.05) is 18.2 Å². The van der Waals surface area contributed by atoms with Crippen molar-refractivity contribution in [1.29, 1.82) is 0 Å². The first-order valence-corrected chi connectivity index (χ1v) is 7.50. The topological polar surface area (TPSA) is 31.4 Å². The number of ether oxygens (including phenoxy) is 2. The van der Waals surface area contributed by atoms with Gasteiger partial charge < -0.3 is 9.47 Å². The molecule has 0 saturated heterocycles. The predicted molar refractivity (Wildman–Crippen MR) is 84.1 cm³/mol. The van der Waals surface area contributed by atoms with Crippen molar-refractivity contribution in [3.05, 3.63) is 71.2 Å². The van der Waals surface area contributed by atoms with E-state index in [4.69, 9.17) is 9.47 Å². The number of benzene rings is 2. The zero-order valence-corrected chi connectivity index (χ0v) is 12.5. The fourth-order valence-electron chi connectivity index (χ4n) is 1.84. The Hall–Kier alpha value is -2.33. The van der Waals surface area contributed by atoms with Crippen LogP contribution in [0.5, 0.6) is 17.2 Å². The van der Waals surface area contributed by atoms with Gasteiger partial charge in [0.2, 0.25) is 0 Å². The highest BCUT2D eigenvalue weighted by atomic mass is 32.1. The third-order valence-corrected chi connectivity index (χ3v) is 3.82. The van der Waals surface area contributed by atoms with Gasteiger partial charge in [-0.25, -0.2) is 0 Å². The number of hydrogen-bond acceptors (Lipinski definition) is 4. The molecule has 106 valence electrons. The Labute approximate surface area is 128 Å². The fraction of sp³-hybridized carbons (Fsp3) is 0.118. The van der Waals surface area contributed by atoms with E-state index in [1.165, 1.54) is 11.5 Å². The molecule has 0 unspecified atom stereocenters. The maximum Gasteiger partial charge on any atom is 0.127 e. The summed E-state index contributed by atoms with van der Waals surface area (Å²) >= 11 is 1.46. The second-order valence-corrected chi connectivity index (χ2v) is 5.23. The molecule has 3 nitrogen and oxygen atoms in total. The van der Waals surface area contributed by atoms with Crippen LogP contribution < -0.4 is 9.47 Å². The van der Waals surface area contributed by atoms with Crippen molar-refractivity contribution in [2.24, 2.45) is 0 Å². The summed E-state index contributed by atoms with van der Waals surface area (Å²) < 4.78 is 15.7. The van der Waals surface area contributed by atoms with Crippen LogP contribution >= 0.6 is 11.5 Å². The normalized spacial score (nSPS) is 10.3. The van der Waals surface area contributed by atoms with E-state index < -0.39 is 0 Å². The summed E-state index contributed by atoms with van der Waals surface area (Å²) in [5, 5.41) is 2.02. The molecule has 0 bridgehead atoms. The summed E-state index contributed by atoms with van der Waals surface area (Å²) in [5.41, 5.74) is 2.16. The average Bonchev–Trinajstić information content (AvgIpc) is 2.93. The number of rotatable bonds is 5. The van der Waals surface area contributed by atoms with E-state index in [1.807, 2.05) is 66.9 Å². The number of hydrogen-bond donors (Lipinski definition) is 0. The highest BCUT2D eigenvalue weighted by Crippen LogP contribution is 2.24. The molecule has 0 aliphatic heterocycles. The molecule has 0 atom stereocenters. The smallest absolute Gasteiger partial charge is 0.127 e. The lowest BCUT2D eigenvalue weighted by atomic mass is 10.3. The zero-order chi connectivity index (χ0) is 14.5. The quantitative estimate of drug-likeness (QED) is 0.676. The Morgan fingerprint density at radius 1 is 0.905 bits per heavy atom. The second-order valence-electron chi connectivity index (χ2n) is 4.60. The molecule has 1 aromatic heterocycles. The summed E-state index contributed by atoms with van der Waals surface area (Å²) in [4.78, 5) is 0. The number of nitrogens with zero attached hydrogens (tertiary/aromatic N) is 1. The molecule has 2 aromatic carbocycles. The van der Waals surface area contributed by atoms with Crippen molar-refractivity contribution in [2.45, 2.75) is 13.5 Å². The molecular formula is C17H15NO2S. The number of aromatic nitrogens is 1. The van der Waals surface area contributed by atoms with Gasteiger partial charge in [0.15, 0.2) is 0 Å². The minimum absolute atomic E-state index is 0.543. The first kappa shape index (κ1) is 13.6. The van der Waals surface area contributed by atoms with Gasteiger partial charge in [0.25, 0.3) is 0 Å². The highest BCUT2D eigenvalue weighted by Gasteiger charge is 2.03. The number of para-hydroxylation sites is 1. The van der Waals surface area contributed by atoms with E-state index >= 15 is 0 Å². The molecule has 21 heavy (non-hydrogen) atoms. The van der Waals surface area contributed by atoms with E-state index in [0.717, 1.165) is 28.5 Å². The fourth-order valence-corrected chi connectivity index (χ4v) is 2.53. The monoisotopic (exact) mass is 297 g/mol. The first-order valence-electron chi connectivity index (χ1n) is 6.67. The molecule has 0 aliphatic carbocycles. The van der Waals surface area contributed by atoms with Gasteiger partial charge in [0, 0.05) is 10.9 Å². The third kappa shape index (κ3) is 3.61. The van der Waals surface area contributed by atoms with E-state index in [-0.39, 0.29) is 0 Å². The van der Waals surface area contributed by atoms with E-state index in [0.29, 0.717) is 6.61 Å². The largest absolute Gasteiger partial charge is 0.489 e. The third-order valence-electron chi connectivity index (χ3n) is 3.05. The Balaban J connectivity index is 1.60. The van der Waals surface area contributed by atoms with Crippen molar-refractivity contribution in [3.63, 3.8) is 0 Å². The van der Waals surface area contributed by atoms with Crippen LogP contribution in [0.3, 0.4) is 0 Å². The van der Waals surface area contributed by atoms with Gasteiger partial charge in [-0.05, 0) is 54.9 Å². The van der Waals surface area contributed by atoms with Crippen molar-refractivity contribution in [3.8, 4) is 17.2 Å². The molecule has 4 heteroatoms. The molecule has 0 saturated carbocycles. The van der Waals surface area contributed by atoms with E-state index in [9.17, 15) is 0 Å². The van der Waals surface area contributed by atoms with Crippen LogP contribution in [0.1, 0.15) is 11.3 Å². The minimum atomic E-state index is 0.543. The molecule has 1 heterocycles. The van der Waals surface area contributed by atoms with Crippen LogP contribution in [0.15, 0.2) is 60.0 Å². The van der Waals surface area contributed by atoms with Crippen LogP contribution in [-0.4, -0.2) is 4.37 Å². The van der Waals surface area contributed by atoms with E-state index in [2.05, 4.69) is 4.37 Å². The predicted octanol–water partition coefficient (Wildman–Crippen LogP) is 4.82. The molecule has 3 aromatic rings. The van der Waals surface area contributed by atoms with Crippen LogP contribution in [-0.2, 0) is 6.61 Å². The van der Waals surface area contributed by atoms with Crippen molar-refractivity contribution < 1.29 is 9.47 Å². The van der Waals surface area contributed by atoms with Gasteiger partial charge >= 0.3 is 0 Å². The molecule has 0 N–H and O–H groups in total. The zero-order valence-electron chi connectivity index (χ0n) is 11.7. The summed E-state index contributed by atoms with van der Waals surface area (Å²) in [6.07, 6.45) is 0. The summed E-state index contributed by atoms with van der Waals surface area (Å²) in [7, 11) is 0. The SMILES string of the molecule is Cc1nscc1COc1ccc(Oc2ccccc2)cc1. The lowest BCUT2D eigenvalue weighted by Gasteiger charge is -2.08. The molecule has 0 aliphatic rings. The highest BCUT2D eigenvalue weighted by molar-refractivity contribution is 7.03. The maximum absolute atomic E-state index is 5.75. The Morgan fingerprint density at radius 2 is 1.57 bits per heavy atom. The lowest BCUT2D eigenvalue weighted by Crippen LogP contribution is -1.95. The van der Waals surface area contributed by atoms with E-state index in [1.54, 1.807) is 0 Å². The first-order chi connectivity index (χ1) is 10.3. The second kappa shape index (κ2) is 6.41. The lowest BCUT2D eigenvalue weighted by molar-refractivity contribution is 0.305. The van der Waals surface area contributed by atoms with Crippen LogP contribution in [0.4, 0.5) is 0 Å². The van der Waals surface area contributed by atoms with Gasteiger partial charge in [0.05, 0.1) is 5.69 Å². The van der Waals surface area contributed by atoms with Gasteiger partial charge in [-0.2, -0.15) is 4.37 Å². The van der Waals surface area contributed by atoms with Crippen LogP contribution in [0.2, 0.25) is 0 Å². The molecular weight excluding hydrogens is 282 g/mol. The molecule has 0 amide bonds. The molecule has 3 rings (SSSR count). The number of aryl methyl sites for hydroxylation is 1. The van der Waals surface area contributed by atoms with Gasteiger partial charge in [-0.3, -0.25) is 0 Å². The molecule has 0 spiro atoms. The van der Waals surface area contributed by atoms with Crippen LogP contribution in [0, 0.1) is 6.92 Å². The maximum atomic E-state index is 5.75. The van der Waals surface area contributed by atoms with Crippen molar-refractivity contribution in [1.82, 2.24) is 4.37 Å². The summed E-state index contributed by atoms with van der Waals surface area (Å²) in [6, 6.07) is 17.3. The van der Waals surface area contributed by atoms with Crippen molar-refractivity contribution in [2.75, 3.05) is 0 Å².